The van der Waals surface area contributed by atoms with Gasteiger partial charge in [-0.3, -0.25) is 0 Å². The van der Waals surface area contributed by atoms with Crippen molar-refractivity contribution in [2.24, 2.45) is 0 Å². The lowest BCUT2D eigenvalue weighted by Gasteiger charge is -2.12. The van der Waals surface area contributed by atoms with Gasteiger partial charge in [0, 0.05) is 37.3 Å². The molecule has 1 atom stereocenters. The van der Waals surface area contributed by atoms with Crippen LogP contribution in [0.2, 0.25) is 0 Å². The summed E-state index contributed by atoms with van der Waals surface area (Å²) >= 11 is 0. The molecule has 21 heavy (non-hydrogen) atoms. The number of ether oxygens (including phenoxy) is 2. The van der Waals surface area contributed by atoms with Gasteiger partial charge in [0.15, 0.2) is 0 Å². The van der Waals surface area contributed by atoms with E-state index in [4.69, 9.17) is 9.47 Å². The van der Waals surface area contributed by atoms with E-state index >= 15 is 0 Å². The van der Waals surface area contributed by atoms with E-state index in [1.807, 2.05) is 12.1 Å². The number of aromatic nitrogens is 1. The molecule has 1 aromatic carbocycles. The van der Waals surface area contributed by atoms with Crippen LogP contribution in [-0.2, 0) is 13.0 Å². The topological polar surface area (TPSA) is 43.4 Å². The summed E-state index contributed by atoms with van der Waals surface area (Å²) in [5.41, 5.74) is 2.02. The molecular weight excluding hydrogens is 271 g/mol. The first kappa shape index (κ1) is 13.8. The molecule has 0 saturated carbocycles. The van der Waals surface area contributed by atoms with Gasteiger partial charge >= 0.3 is 0 Å². The summed E-state index contributed by atoms with van der Waals surface area (Å²) in [5.74, 6) is 1.18. The van der Waals surface area contributed by atoms with Crippen molar-refractivity contribution < 1.29 is 13.9 Å². The molecule has 1 aliphatic heterocycles. The number of pyridine rings is 1. The predicted octanol–water partition coefficient (Wildman–Crippen LogP) is 2.32. The summed E-state index contributed by atoms with van der Waals surface area (Å²) in [6.45, 7) is 1.42. The van der Waals surface area contributed by atoms with Crippen molar-refractivity contribution in [3.05, 3.63) is 53.5 Å². The lowest BCUT2D eigenvalue weighted by atomic mass is 10.1. The van der Waals surface area contributed by atoms with Crippen LogP contribution < -0.4 is 14.8 Å². The number of hydrogen-bond donors (Lipinski definition) is 1. The molecular formula is C16H17FN2O2. The Hall–Kier alpha value is -2.14. The fourth-order valence-corrected chi connectivity index (χ4v) is 2.42. The van der Waals surface area contributed by atoms with Crippen LogP contribution in [0.15, 0.2) is 36.5 Å². The van der Waals surface area contributed by atoms with E-state index in [-0.39, 0.29) is 11.9 Å². The van der Waals surface area contributed by atoms with Gasteiger partial charge in [0.2, 0.25) is 5.88 Å². The third-order valence-corrected chi connectivity index (χ3v) is 3.47. The minimum Gasteiger partial charge on any atom is -0.488 e. The molecule has 5 heteroatoms. The first-order valence-electron chi connectivity index (χ1n) is 6.89. The Morgan fingerprint density at radius 3 is 3.05 bits per heavy atom. The number of methoxy groups -OCH3 is 1. The van der Waals surface area contributed by atoms with E-state index in [2.05, 4.69) is 10.3 Å². The molecule has 110 valence electrons. The molecule has 2 aromatic rings. The third kappa shape index (κ3) is 3.31. The second-order valence-corrected chi connectivity index (χ2v) is 5.04. The van der Waals surface area contributed by atoms with E-state index in [0.717, 1.165) is 23.3 Å². The molecule has 1 aromatic heterocycles. The lowest BCUT2D eigenvalue weighted by Crippen LogP contribution is -2.29. The quantitative estimate of drug-likeness (QED) is 0.917. The van der Waals surface area contributed by atoms with Crippen molar-refractivity contribution in [2.75, 3.05) is 13.7 Å². The highest BCUT2D eigenvalue weighted by Crippen LogP contribution is 2.28. The molecule has 4 nitrogen and oxygen atoms in total. The second-order valence-electron chi connectivity index (χ2n) is 5.04. The fourth-order valence-electron chi connectivity index (χ4n) is 2.42. The van der Waals surface area contributed by atoms with Crippen LogP contribution in [0.25, 0.3) is 0 Å². The van der Waals surface area contributed by atoms with Crippen molar-refractivity contribution in [1.29, 1.82) is 0 Å². The van der Waals surface area contributed by atoms with Gasteiger partial charge in [-0.15, -0.1) is 0 Å². The number of nitrogens with zero attached hydrogens (tertiary/aromatic N) is 1. The Morgan fingerprint density at radius 2 is 2.29 bits per heavy atom. The minimum absolute atomic E-state index is 0.0491. The van der Waals surface area contributed by atoms with Gasteiger partial charge in [0.25, 0.3) is 0 Å². The van der Waals surface area contributed by atoms with Crippen LogP contribution in [0.4, 0.5) is 4.39 Å². The standard InChI is InChI=1S/C16H17FN2O2/c1-20-16-5-2-11(9-19-16)8-18-10-14-7-12-6-13(17)3-4-15(12)21-14/h2-6,9,14,18H,7-8,10H2,1H3. The summed E-state index contributed by atoms with van der Waals surface area (Å²) in [6.07, 6.45) is 2.57. The van der Waals surface area contributed by atoms with Crippen LogP contribution in [0.5, 0.6) is 11.6 Å². The Kier molecular flexibility index (Phi) is 4.01. The fraction of sp³-hybridized carbons (Fsp3) is 0.312. The van der Waals surface area contributed by atoms with Gasteiger partial charge in [-0.2, -0.15) is 0 Å². The van der Waals surface area contributed by atoms with Crippen molar-refractivity contribution >= 4 is 0 Å². The first-order chi connectivity index (χ1) is 10.2. The maximum Gasteiger partial charge on any atom is 0.212 e. The molecule has 0 fully saturated rings. The zero-order valence-electron chi connectivity index (χ0n) is 11.8. The van der Waals surface area contributed by atoms with Gasteiger partial charge in [-0.25, -0.2) is 9.37 Å². The van der Waals surface area contributed by atoms with E-state index in [1.165, 1.54) is 6.07 Å². The van der Waals surface area contributed by atoms with E-state index in [1.54, 1.807) is 25.4 Å². The van der Waals surface area contributed by atoms with E-state index in [0.29, 0.717) is 19.0 Å². The number of hydrogen-bond acceptors (Lipinski definition) is 4. The van der Waals surface area contributed by atoms with Gasteiger partial charge in [0.05, 0.1) is 7.11 Å². The first-order valence-corrected chi connectivity index (χ1v) is 6.89. The molecule has 2 heterocycles. The Balaban J connectivity index is 1.48. The molecule has 0 bridgehead atoms. The number of halogens is 1. The summed E-state index contributed by atoms with van der Waals surface area (Å²) in [6, 6.07) is 8.47. The van der Waals surface area contributed by atoms with Gasteiger partial charge < -0.3 is 14.8 Å². The second kappa shape index (κ2) is 6.10. The van der Waals surface area contributed by atoms with Crippen molar-refractivity contribution in [3.8, 4) is 11.6 Å². The molecule has 1 aliphatic rings. The van der Waals surface area contributed by atoms with Crippen LogP contribution in [0, 0.1) is 5.82 Å². The minimum atomic E-state index is -0.213. The van der Waals surface area contributed by atoms with Crippen molar-refractivity contribution in [2.45, 2.75) is 19.1 Å². The molecule has 1 N–H and O–H groups in total. The molecule has 3 rings (SSSR count). The average Bonchev–Trinajstić information content (AvgIpc) is 2.89. The van der Waals surface area contributed by atoms with Crippen LogP contribution in [0.1, 0.15) is 11.1 Å². The van der Waals surface area contributed by atoms with Crippen LogP contribution >= 0.6 is 0 Å². The maximum atomic E-state index is 13.1. The molecule has 1 unspecified atom stereocenters. The normalized spacial score (nSPS) is 16.4. The molecule has 0 saturated heterocycles. The Bertz CT molecular complexity index is 616. The van der Waals surface area contributed by atoms with Crippen molar-refractivity contribution in [1.82, 2.24) is 10.3 Å². The van der Waals surface area contributed by atoms with E-state index in [9.17, 15) is 4.39 Å². The smallest absolute Gasteiger partial charge is 0.212 e. The van der Waals surface area contributed by atoms with Crippen molar-refractivity contribution in [3.63, 3.8) is 0 Å². The molecule has 0 aliphatic carbocycles. The molecule has 0 radical (unpaired) electrons. The molecule has 0 amide bonds. The highest BCUT2D eigenvalue weighted by molar-refractivity contribution is 5.37. The lowest BCUT2D eigenvalue weighted by molar-refractivity contribution is 0.227. The largest absolute Gasteiger partial charge is 0.488 e. The number of rotatable bonds is 5. The predicted molar refractivity (Wildman–Crippen MR) is 77.0 cm³/mol. The van der Waals surface area contributed by atoms with Gasteiger partial charge in [-0.1, -0.05) is 6.07 Å². The third-order valence-electron chi connectivity index (χ3n) is 3.47. The zero-order valence-corrected chi connectivity index (χ0v) is 11.8. The van der Waals surface area contributed by atoms with E-state index < -0.39 is 0 Å². The number of fused-ring (bicyclic) bond motifs is 1. The molecule has 0 spiro atoms. The van der Waals surface area contributed by atoms with Crippen LogP contribution in [0.3, 0.4) is 0 Å². The van der Waals surface area contributed by atoms with Crippen LogP contribution in [-0.4, -0.2) is 24.7 Å². The highest BCUT2D eigenvalue weighted by Gasteiger charge is 2.22. The van der Waals surface area contributed by atoms with Gasteiger partial charge in [-0.05, 0) is 23.8 Å². The summed E-state index contributed by atoms with van der Waals surface area (Å²) in [4.78, 5) is 4.15. The zero-order chi connectivity index (χ0) is 14.7. The maximum absolute atomic E-state index is 13.1. The Labute approximate surface area is 122 Å². The highest BCUT2D eigenvalue weighted by atomic mass is 19.1. The summed E-state index contributed by atoms with van der Waals surface area (Å²) in [7, 11) is 1.60. The Morgan fingerprint density at radius 1 is 1.38 bits per heavy atom. The number of benzene rings is 1. The average molecular weight is 288 g/mol. The SMILES string of the molecule is COc1ccc(CNCC2Cc3cc(F)ccc3O2)cn1. The summed E-state index contributed by atoms with van der Waals surface area (Å²) in [5, 5.41) is 3.33. The number of nitrogens with one attached hydrogen (secondary N) is 1. The van der Waals surface area contributed by atoms with Gasteiger partial charge in [0.1, 0.15) is 17.7 Å². The summed E-state index contributed by atoms with van der Waals surface area (Å²) < 4.78 is 23.9. The monoisotopic (exact) mass is 288 g/mol.